The molecule has 0 aromatic heterocycles. The fraction of sp³-hybridized carbons (Fsp3) is 0.158. The Morgan fingerprint density at radius 1 is 1.08 bits per heavy atom. The molecule has 1 aliphatic heterocycles. The Labute approximate surface area is 151 Å². The van der Waals surface area contributed by atoms with Crippen molar-refractivity contribution < 1.29 is 9.53 Å². The first kappa shape index (κ1) is 16.9. The van der Waals surface area contributed by atoms with E-state index in [-0.39, 0.29) is 12.2 Å². The molecule has 126 valence electrons. The molecule has 0 N–H and O–H groups in total. The van der Waals surface area contributed by atoms with Gasteiger partial charge in [-0.05, 0) is 24.3 Å². The first-order valence-electron chi connectivity index (χ1n) is 7.66. The smallest absolute Gasteiger partial charge is 0.214 e. The van der Waals surface area contributed by atoms with Gasteiger partial charge in [-0.15, -0.1) is 0 Å². The first-order chi connectivity index (χ1) is 12.0. The van der Waals surface area contributed by atoms with Gasteiger partial charge in [-0.1, -0.05) is 35.9 Å². The maximum atomic E-state index is 12.6. The Morgan fingerprint density at radius 2 is 1.64 bits per heavy atom. The van der Waals surface area contributed by atoms with E-state index in [1.54, 1.807) is 24.3 Å². The number of nitrogens with zero attached hydrogens (tertiary/aromatic N) is 3. The number of carbonyl (C=O) groups is 1. The monoisotopic (exact) mass is 353 g/mol. The number of carbonyl (C=O) groups excluding carboxylic acids is 1. The molecule has 1 aliphatic rings. The van der Waals surface area contributed by atoms with Crippen LogP contribution in [-0.4, -0.2) is 26.5 Å². The van der Waals surface area contributed by atoms with Crippen molar-refractivity contribution in [1.82, 2.24) is 0 Å². The molecule has 0 amide bonds. The predicted molar refractivity (Wildman–Crippen MR) is 97.8 cm³/mol. The second-order valence-corrected chi connectivity index (χ2v) is 5.97. The van der Waals surface area contributed by atoms with Crippen LogP contribution in [0.3, 0.4) is 0 Å². The lowest BCUT2D eigenvalue weighted by atomic mass is 10.2. The highest BCUT2D eigenvalue weighted by Crippen LogP contribution is 2.40. The van der Waals surface area contributed by atoms with E-state index >= 15 is 0 Å². The number of ketones is 1. The van der Waals surface area contributed by atoms with E-state index < -0.39 is 5.78 Å². The third-order valence-electron chi connectivity index (χ3n) is 4.05. The number of fused-ring (bicyclic) bond motifs is 1. The Kier molecular flexibility index (Phi) is 4.64. The number of para-hydroxylation sites is 3. The lowest BCUT2D eigenvalue weighted by Gasteiger charge is -2.20. The van der Waals surface area contributed by atoms with Crippen molar-refractivity contribution in [2.45, 2.75) is 0 Å². The fourth-order valence-electron chi connectivity index (χ4n) is 2.83. The van der Waals surface area contributed by atoms with Crippen molar-refractivity contribution >= 4 is 28.8 Å². The van der Waals surface area contributed by atoms with Crippen LogP contribution in [0.25, 0.3) is 0 Å². The van der Waals surface area contributed by atoms with Crippen molar-refractivity contribution in [3.05, 3.63) is 64.9 Å². The average Bonchev–Trinajstić information content (AvgIpc) is 2.87. The van der Waals surface area contributed by atoms with Crippen LogP contribution in [0.15, 0.2) is 59.9 Å². The van der Waals surface area contributed by atoms with Gasteiger partial charge in [0.2, 0.25) is 5.78 Å². The molecule has 0 saturated carbocycles. The summed E-state index contributed by atoms with van der Waals surface area (Å²) in [4.78, 5) is 16.3. The van der Waals surface area contributed by atoms with Crippen LogP contribution in [-0.2, 0) is 4.79 Å². The Balaban J connectivity index is 1.87. The van der Waals surface area contributed by atoms with E-state index in [2.05, 4.69) is 0 Å². The van der Waals surface area contributed by atoms with Crippen LogP contribution in [0.4, 0.5) is 11.4 Å². The number of rotatable bonds is 4. The van der Waals surface area contributed by atoms with Gasteiger partial charge in [0.15, 0.2) is 6.61 Å². The summed E-state index contributed by atoms with van der Waals surface area (Å²) < 4.78 is 5.48. The summed E-state index contributed by atoms with van der Waals surface area (Å²) in [5, 5.41) is 9.98. The third-order valence-corrected chi connectivity index (χ3v) is 4.36. The SMILES string of the molecule is CN1C(=C(C#N)C(=O)COc2ccccc2Cl)N(C)c2ccccc21. The minimum atomic E-state index is -0.399. The molecule has 0 aliphatic carbocycles. The van der Waals surface area contributed by atoms with Gasteiger partial charge in [0.05, 0.1) is 16.4 Å². The maximum Gasteiger partial charge on any atom is 0.214 e. The van der Waals surface area contributed by atoms with Crippen LogP contribution in [0.2, 0.25) is 5.02 Å². The van der Waals surface area contributed by atoms with Crippen molar-refractivity contribution in [3.63, 3.8) is 0 Å². The normalized spacial score (nSPS) is 12.6. The van der Waals surface area contributed by atoms with E-state index in [1.807, 2.05) is 54.2 Å². The van der Waals surface area contributed by atoms with Gasteiger partial charge in [0.25, 0.3) is 0 Å². The average molecular weight is 354 g/mol. The fourth-order valence-corrected chi connectivity index (χ4v) is 3.02. The molecule has 6 heteroatoms. The summed E-state index contributed by atoms with van der Waals surface area (Å²) in [6.07, 6.45) is 0. The van der Waals surface area contributed by atoms with Gasteiger partial charge in [0.1, 0.15) is 23.2 Å². The summed E-state index contributed by atoms with van der Waals surface area (Å²) in [6.45, 7) is -0.256. The highest BCUT2D eigenvalue weighted by molar-refractivity contribution is 6.32. The van der Waals surface area contributed by atoms with Crippen LogP contribution in [0, 0.1) is 11.3 Å². The number of benzene rings is 2. The van der Waals surface area contributed by atoms with Crippen molar-refractivity contribution in [2.75, 3.05) is 30.5 Å². The van der Waals surface area contributed by atoms with Gasteiger partial charge in [-0.3, -0.25) is 4.79 Å². The molecule has 0 unspecified atom stereocenters. The number of Topliss-reactive ketones (excluding diaryl/α,β-unsaturated/α-hetero) is 1. The molecule has 1 heterocycles. The summed E-state index contributed by atoms with van der Waals surface area (Å²) in [5.41, 5.74) is 1.92. The van der Waals surface area contributed by atoms with Gasteiger partial charge in [-0.25, -0.2) is 0 Å². The van der Waals surface area contributed by atoms with E-state index in [1.165, 1.54) is 0 Å². The zero-order valence-corrected chi connectivity index (χ0v) is 14.6. The highest BCUT2D eigenvalue weighted by Gasteiger charge is 2.31. The number of halogens is 1. The molecule has 0 saturated heterocycles. The van der Waals surface area contributed by atoms with Gasteiger partial charge >= 0.3 is 0 Å². The van der Waals surface area contributed by atoms with Gasteiger partial charge in [0, 0.05) is 14.1 Å². The second-order valence-electron chi connectivity index (χ2n) is 5.56. The van der Waals surface area contributed by atoms with E-state index in [9.17, 15) is 10.1 Å². The Morgan fingerprint density at radius 3 is 2.20 bits per heavy atom. The van der Waals surface area contributed by atoms with Crippen LogP contribution in [0.1, 0.15) is 0 Å². The molecule has 2 aromatic rings. The summed E-state index contributed by atoms with van der Waals surface area (Å²) >= 11 is 6.03. The Hall–Kier alpha value is -2.97. The number of anilines is 2. The topological polar surface area (TPSA) is 56.6 Å². The minimum absolute atomic E-state index is 0.0493. The molecular weight excluding hydrogens is 338 g/mol. The zero-order valence-electron chi connectivity index (χ0n) is 13.9. The number of hydrogen-bond acceptors (Lipinski definition) is 5. The zero-order chi connectivity index (χ0) is 18.0. The van der Waals surface area contributed by atoms with Crippen LogP contribution >= 0.6 is 11.6 Å². The first-order valence-corrected chi connectivity index (χ1v) is 8.03. The van der Waals surface area contributed by atoms with E-state index in [4.69, 9.17) is 16.3 Å². The molecule has 0 bridgehead atoms. The molecule has 0 spiro atoms. The lowest BCUT2D eigenvalue weighted by Crippen LogP contribution is -2.27. The van der Waals surface area contributed by atoms with Crippen molar-refractivity contribution in [2.24, 2.45) is 0 Å². The second kappa shape index (κ2) is 6.88. The lowest BCUT2D eigenvalue weighted by molar-refractivity contribution is -0.117. The number of nitriles is 1. The molecule has 0 atom stereocenters. The molecule has 5 nitrogen and oxygen atoms in total. The van der Waals surface area contributed by atoms with Gasteiger partial charge < -0.3 is 14.5 Å². The third kappa shape index (κ3) is 3.04. The Bertz CT molecular complexity index is 871. The molecule has 25 heavy (non-hydrogen) atoms. The minimum Gasteiger partial charge on any atom is -0.484 e. The standard InChI is InChI=1S/C19H16ClN3O2/c1-22-15-8-4-5-9-16(15)23(2)19(22)13(11-21)17(24)12-25-18-10-6-3-7-14(18)20/h3-10H,12H2,1-2H3. The van der Waals surface area contributed by atoms with Gasteiger partial charge in [-0.2, -0.15) is 5.26 Å². The quantitative estimate of drug-likeness (QED) is 0.620. The van der Waals surface area contributed by atoms with E-state index in [0.717, 1.165) is 11.4 Å². The van der Waals surface area contributed by atoms with Crippen LogP contribution < -0.4 is 14.5 Å². The molecule has 2 aromatic carbocycles. The highest BCUT2D eigenvalue weighted by atomic mass is 35.5. The summed E-state index contributed by atoms with van der Waals surface area (Å²) in [6, 6.07) is 16.6. The number of ether oxygens (including phenoxy) is 1. The molecular formula is C19H16ClN3O2. The van der Waals surface area contributed by atoms with Crippen molar-refractivity contribution in [3.8, 4) is 11.8 Å². The van der Waals surface area contributed by atoms with Crippen LogP contribution in [0.5, 0.6) is 5.75 Å². The maximum absolute atomic E-state index is 12.6. The molecule has 3 rings (SSSR count). The largest absolute Gasteiger partial charge is 0.484 e. The molecule has 0 radical (unpaired) electrons. The summed E-state index contributed by atoms with van der Waals surface area (Å²) in [5.74, 6) is 0.552. The summed E-state index contributed by atoms with van der Waals surface area (Å²) in [7, 11) is 3.66. The van der Waals surface area contributed by atoms with Crippen molar-refractivity contribution in [1.29, 1.82) is 5.26 Å². The number of hydrogen-bond donors (Lipinski definition) is 0. The predicted octanol–water partition coefficient (Wildman–Crippen LogP) is 3.61. The van der Waals surface area contributed by atoms with E-state index in [0.29, 0.717) is 16.6 Å². The molecule has 0 fully saturated rings.